The summed E-state index contributed by atoms with van der Waals surface area (Å²) < 4.78 is 0. The molecule has 4 heteroatoms. The van der Waals surface area contributed by atoms with Crippen LogP contribution in [0.15, 0.2) is 18.7 Å². The number of hydrogen-bond acceptors (Lipinski definition) is 3. The minimum atomic E-state index is 0.782. The number of aromatic nitrogens is 4. The molecule has 0 fully saturated rings. The lowest BCUT2D eigenvalue weighted by molar-refractivity contribution is 1.09. The highest BCUT2D eigenvalue weighted by molar-refractivity contribution is 5.71. The van der Waals surface area contributed by atoms with Gasteiger partial charge >= 0.3 is 0 Å². The zero-order chi connectivity index (χ0) is 8.81. The standard InChI is InChI=1S/C5H4N4.C3H8/c1-4-2-8-9-5(4)7-3-6-1;1-3-2/h1-3H,(H,6,7,8,9);3H2,1-2H3. The molecule has 0 aromatic carbocycles. The molecule has 4 nitrogen and oxygen atoms in total. The molecule has 0 unspecified atom stereocenters. The molecule has 0 spiro atoms. The van der Waals surface area contributed by atoms with Gasteiger partial charge in [0, 0.05) is 6.20 Å². The summed E-state index contributed by atoms with van der Waals surface area (Å²) in [7, 11) is 0. The van der Waals surface area contributed by atoms with Crippen LogP contribution in [0.2, 0.25) is 0 Å². The lowest BCUT2D eigenvalue weighted by Crippen LogP contribution is -1.75. The quantitative estimate of drug-likeness (QED) is 0.645. The van der Waals surface area contributed by atoms with E-state index >= 15 is 0 Å². The summed E-state index contributed by atoms with van der Waals surface area (Å²) in [6.45, 7) is 4.25. The summed E-state index contributed by atoms with van der Waals surface area (Å²) in [6.07, 6.45) is 6.14. The van der Waals surface area contributed by atoms with E-state index in [0.29, 0.717) is 0 Å². The Bertz CT molecular complexity index is 298. The fourth-order valence-corrected chi connectivity index (χ4v) is 0.691. The van der Waals surface area contributed by atoms with Crippen LogP contribution in [0.3, 0.4) is 0 Å². The molecule has 0 saturated heterocycles. The SMILES string of the molecule is CCC.c1ncc2cn[nH]c2n1. The summed E-state index contributed by atoms with van der Waals surface area (Å²) in [5, 5.41) is 7.43. The first kappa shape index (κ1) is 8.64. The average molecular weight is 164 g/mol. The molecule has 0 aliphatic carbocycles. The third-order valence-electron chi connectivity index (χ3n) is 1.11. The minimum Gasteiger partial charge on any atom is -0.261 e. The molecule has 1 N–H and O–H groups in total. The van der Waals surface area contributed by atoms with Gasteiger partial charge in [-0.2, -0.15) is 5.10 Å². The van der Waals surface area contributed by atoms with Crippen molar-refractivity contribution in [3.63, 3.8) is 0 Å². The van der Waals surface area contributed by atoms with E-state index in [9.17, 15) is 0 Å². The predicted octanol–water partition coefficient (Wildman–Crippen LogP) is 1.77. The van der Waals surface area contributed by atoms with Crippen LogP contribution in [0.25, 0.3) is 11.0 Å². The fraction of sp³-hybridized carbons (Fsp3) is 0.375. The van der Waals surface area contributed by atoms with Gasteiger partial charge < -0.3 is 0 Å². The van der Waals surface area contributed by atoms with Crippen molar-refractivity contribution in [1.29, 1.82) is 0 Å². The van der Waals surface area contributed by atoms with Crippen molar-refractivity contribution in [2.45, 2.75) is 20.3 Å². The lowest BCUT2D eigenvalue weighted by Gasteiger charge is -1.80. The number of H-pyrrole nitrogens is 1. The van der Waals surface area contributed by atoms with Gasteiger partial charge in [-0.05, 0) is 0 Å². The zero-order valence-electron chi connectivity index (χ0n) is 7.28. The number of hydrogen-bond donors (Lipinski definition) is 1. The van der Waals surface area contributed by atoms with E-state index in [2.05, 4.69) is 34.0 Å². The first-order chi connectivity index (χ1) is 5.88. The molecule has 2 aromatic rings. The summed E-state index contributed by atoms with van der Waals surface area (Å²) in [4.78, 5) is 7.73. The van der Waals surface area contributed by atoms with Gasteiger partial charge in [0.2, 0.25) is 0 Å². The van der Waals surface area contributed by atoms with E-state index in [1.165, 1.54) is 12.7 Å². The largest absolute Gasteiger partial charge is 0.261 e. The maximum absolute atomic E-state index is 3.91. The van der Waals surface area contributed by atoms with Crippen molar-refractivity contribution < 1.29 is 0 Å². The second-order valence-electron chi connectivity index (χ2n) is 2.40. The van der Waals surface area contributed by atoms with Crippen molar-refractivity contribution in [3.05, 3.63) is 18.7 Å². The van der Waals surface area contributed by atoms with Crippen LogP contribution in [-0.4, -0.2) is 20.2 Å². The number of fused-ring (bicyclic) bond motifs is 1. The van der Waals surface area contributed by atoms with Gasteiger partial charge in [-0.25, -0.2) is 9.97 Å². The van der Waals surface area contributed by atoms with E-state index in [1.54, 1.807) is 12.4 Å². The van der Waals surface area contributed by atoms with Crippen molar-refractivity contribution in [2.75, 3.05) is 0 Å². The Morgan fingerprint density at radius 1 is 1.33 bits per heavy atom. The first-order valence-electron chi connectivity index (χ1n) is 3.97. The van der Waals surface area contributed by atoms with Crippen LogP contribution < -0.4 is 0 Å². The summed E-state index contributed by atoms with van der Waals surface area (Å²) in [5.41, 5.74) is 0.782. The Morgan fingerprint density at radius 2 is 2.08 bits per heavy atom. The Hall–Kier alpha value is -1.45. The maximum Gasteiger partial charge on any atom is 0.158 e. The van der Waals surface area contributed by atoms with Gasteiger partial charge in [0.05, 0.1) is 11.6 Å². The van der Waals surface area contributed by atoms with Crippen molar-refractivity contribution >= 4 is 11.0 Å². The molecule has 64 valence electrons. The van der Waals surface area contributed by atoms with Crippen LogP contribution in [0.5, 0.6) is 0 Å². The van der Waals surface area contributed by atoms with E-state index in [0.717, 1.165) is 11.0 Å². The van der Waals surface area contributed by atoms with E-state index in [1.807, 2.05) is 0 Å². The molecule has 0 saturated carbocycles. The zero-order valence-corrected chi connectivity index (χ0v) is 7.28. The predicted molar refractivity (Wildman–Crippen MR) is 47.6 cm³/mol. The van der Waals surface area contributed by atoms with Gasteiger partial charge in [-0.15, -0.1) is 0 Å². The second-order valence-corrected chi connectivity index (χ2v) is 2.40. The lowest BCUT2D eigenvalue weighted by atomic mass is 10.5. The molecular formula is C8H12N4. The third kappa shape index (κ3) is 2.02. The molecule has 2 heterocycles. The van der Waals surface area contributed by atoms with E-state index in [-0.39, 0.29) is 0 Å². The van der Waals surface area contributed by atoms with Crippen LogP contribution in [0.4, 0.5) is 0 Å². The molecule has 2 rings (SSSR count). The number of rotatable bonds is 0. The molecule has 0 radical (unpaired) electrons. The number of nitrogens with one attached hydrogen (secondary N) is 1. The van der Waals surface area contributed by atoms with Crippen molar-refractivity contribution in [2.24, 2.45) is 0 Å². The van der Waals surface area contributed by atoms with Gasteiger partial charge in [0.1, 0.15) is 6.33 Å². The number of aromatic amines is 1. The summed E-state index contributed by atoms with van der Waals surface area (Å²) in [6, 6.07) is 0. The van der Waals surface area contributed by atoms with Gasteiger partial charge in [-0.3, -0.25) is 5.10 Å². The highest BCUT2D eigenvalue weighted by Crippen LogP contribution is 2.01. The van der Waals surface area contributed by atoms with Crippen molar-refractivity contribution in [3.8, 4) is 0 Å². The third-order valence-corrected chi connectivity index (χ3v) is 1.11. The minimum absolute atomic E-state index is 0.782. The molecule has 0 atom stereocenters. The monoisotopic (exact) mass is 164 g/mol. The highest BCUT2D eigenvalue weighted by Gasteiger charge is 1.90. The molecule has 0 amide bonds. The van der Waals surface area contributed by atoms with Crippen LogP contribution in [0.1, 0.15) is 20.3 Å². The van der Waals surface area contributed by atoms with E-state index in [4.69, 9.17) is 0 Å². The topological polar surface area (TPSA) is 54.5 Å². The Labute approximate surface area is 71.1 Å². The smallest absolute Gasteiger partial charge is 0.158 e. The van der Waals surface area contributed by atoms with Crippen LogP contribution >= 0.6 is 0 Å². The van der Waals surface area contributed by atoms with Gasteiger partial charge in [0.15, 0.2) is 5.65 Å². The first-order valence-corrected chi connectivity index (χ1v) is 3.97. The maximum atomic E-state index is 3.91. The number of nitrogens with zero attached hydrogens (tertiary/aromatic N) is 3. The molecule has 0 bridgehead atoms. The van der Waals surface area contributed by atoms with E-state index < -0.39 is 0 Å². The average Bonchev–Trinajstić information content (AvgIpc) is 2.52. The second kappa shape index (κ2) is 4.43. The Morgan fingerprint density at radius 3 is 2.75 bits per heavy atom. The fourth-order valence-electron chi connectivity index (χ4n) is 0.691. The molecule has 12 heavy (non-hydrogen) atoms. The van der Waals surface area contributed by atoms with Crippen LogP contribution in [-0.2, 0) is 0 Å². The molecule has 2 aromatic heterocycles. The Kier molecular flexibility index (Phi) is 3.19. The Balaban J connectivity index is 0.000000213. The molecular weight excluding hydrogens is 152 g/mol. The molecule has 0 aliphatic heterocycles. The van der Waals surface area contributed by atoms with Gasteiger partial charge in [-0.1, -0.05) is 20.3 Å². The van der Waals surface area contributed by atoms with Crippen LogP contribution in [0, 0.1) is 0 Å². The summed E-state index contributed by atoms with van der Waals surface area (Å²) >= 11 is 0. The van der Waals surface area contributed by atoms with Crippen molar-refractivity contribution in [1.82, 2.24) is 20.2 Å². The molecule has 0 aliphatic rings. The highest BCUT2D eigenvalue weighted by atomic mass is 15.1. The normalized spacial score (nSPS) is 9.17. The van der Waals surface area contributed by atoms with Gasteiger partial charge in [0.25, 0.3) is 0 Å². The summed E-state index contributed by atoms with van der Waals surface area (Å²) in [5.74, 6) is 0.